The van der Waals surface area contributed by atoms with Gasteiger partial charge in [0.25, 0.3) is 0 Å². The molecule has 1 heterocycles. The van der Waals surface area contributed by atoms with Crippen LogP contribution in [0, 0.1) is 0 Å². The van der Waals surface area contributed by atoms with Crippen molar-refractivity contribution >= 4 is 32.6 Å². The maximum atomic E-state index is 13.3. The summed E-state index contributed by atoms with van der Waals surface area (Å²) in [5, 5.41) is 1.02. The summed E-state index contributed by atoms with van der Waals surface area (Å²) in [6.07, 6.45) is -0.423. The Bertz CT molecular complexity index is 590. The van der Waals surface area contributed by atoms with Crippen LogP contribution in [-0.4, -0.2) is 16.9 Å². The molecule has 0 spiro atoms. The molecule has 0 bridgehead atoms. The minimum Gasteiger partial charge on any atom is -0.352 e. The van der Waals surface area contributed by atoms with Crippen molar-refractivity contribution in [3.63, 3.8) is 0 Å². The molecule has 2 aromatic rings. The Morgan fingerprint density at radius 3 is 3.06 bits per heavy atom. The molecule has 82 valence electrons. The molecule has 1 aromatic carbocycles. The summed E-state index contributed by atoms with van der Waals surface area (Å²) < 4.78 is 14.3. The van der Waals surface area contributed by atoms with Crippen molar-refractivity contribution in [2.24, 2.45) is 0 Å². The third-order valence-corrected chi connectivity index (χ3v) is 3.54. The molecule has 1 atom stereocenters. The number of nitrogens with one attached hydrogen (secondary N) is 1. The molecule has 2 nitrogen and oxygen atoms in total. The highest BCUT2D eigenvalue weighted by Crippen LogP contribution is 2.31. The zero-order valence-corrected chi connectivity index (χ0v) is 9.97. The van der Waals surface area contributed by atoms with E-state index in [1.807, 2.05) is 18.2 Å². The smallest absolute Gasteiger partial charge is 0.213 e. The Labute approximate surface area is 100.0 Å². The lowest BCUT2D eigenvalue weighted by atomic mass is 9.93. The molecular formula is C12H9BrFNO. The number of fused-ring (bicyclic) bond motifs is 3. The van der Waals surface area contributed by atoms with Crippen molar-refractivity contribution in [2.45, 2.75) is 19.0 Å². The van der Waals surface area contributed by atoms with E-state index in [9.17, 15) is 9.18 Å². The molecule has 1 unspecified atom stereocenters. The van der Waals surface area contributed by atoms with Gasteiger partial charge in [-0.15, -0.1) is 0 Å². The summed E-state index contributed by atoms with van der Waals surface area (Å²) in [6, 6.07) is 5.77. The molecule has 3 rings (SSSR count). The standard InChI is InChI=1S/C12H9BrFNO/c13-6-1-4-10-8(5-6)7-2-3-9(14)12(16)11(7)15-10/h1,4-5,9,15H,2-3H2. The molecule has 1 aliphatic carbocycles. The number of rotatable bonds is 0. The minimum atomic E-state index is -1.34. The fourth-order valence-electron chi connectivity index (χ4n) is 2.25. The number of aryl methyl sites for hydroxylation is 1. The molecule has 0 amide bonds. The molecule has 1 aromatic heterocycles. The van der Waals surface area contributed by atoms with E-state index in [4.69, 9.17) is 0 Å². The monoisotopic (exact) mass is 281 g/mol. The Kier molecular flexibility index (Phi) is 2.14. The van der Waals surface area contributed by atoms with Gasteiger partial charge in [0.2, 0.25) is 5.78 Å². The largest absolute Gasteiger partial charge is 0.352 e. The van der Waals surface area contributed by atoms with Crippen LogP contribution < -0.4 is 0 Å². The summed E-state index contributed by atoms with van der Waals surface area (Å²) in [5.41, 5.74) is 2.30. The summed E-state index contributed by atoms with van der Waals surface area (Å²) in [4.78, 5) is 14.7. The maximum absolute atomic E-state index is 13.3. The predicted molar refractivity (Wildman–Crippen MR) is 63.5 cm³/mol. The normalized spacial score (nSPS) is 20.1. The van der Waals surface area contributed by atoms with Gasteiger partial charge in [-0.2, -0.15) is 0 Å². The van der Waals surface area contributed by atoms with E-state index in [2.05, 4.69) is 20.9 Å². The highest BCUT2D eigenvalue weighted by molar-refractivity contribution is 9.10. The SMILES string of the molecule is O=C1c2[nH]c3ccc(Br)cc3c2CCC1F. The number of benzene rings is 1. The zero-order chi connectivity index (χ0) is 11.3. The number of halogens is 2. The van der Waals surface area contributed by atoms with Gasteiger partial charge in [-0.1, -0.05) is 15.9 Å². The molecule has 1 N–H and O–H groups in total. The molecule has 16 heavy (non-hydrogen) atoms. The third kappa shape index (κ3) is 1.33. The van der Waals surface area contributed by atoms with Gasteiger partial charge >= 0.3 is 0 Å². The van der Waals surface area contributed by atoms with Crippen LogP contribution in [0.1, 0.15) is 22.5 Å². The van der Waals surface area contributed by atoms with Crippen LogP contribution in [0.15, 0.2) is 22.7 Å². The minimum absolute atomic E-state index is 0.297. The third-order valence-electron chi connectivity index (χ3n) is 3.05. The number of alkyl halides is 1. The van der Waals surface area contributed by atoms with Gasteiger partial charge in [-0.25, -0.2) is 4.39 Å². The summed E-state index contributed by atoms with van der Waals surface area (Å²) >= 11 is 3.40. The number of Topliss-reactive ketones (excluding diaryl/α,β-unsaturated/α-hetero) is 1. The summed E-state index contributed by atoms with van der Waals surface area (Å²) in [7, 11) is 0. The van der Waals surface area contributed by atoms with Gasteiger partial charge < -0.3 is 4.98 Å². The molecule has 0 radical (unpaired) electrons. The van der Waals surface area contributed by atoms with Gasteiger partial charge in [0.15, 0.2) is 6.17 Å². The lowest BCUT2D eigenvalue weighted by Gasteiger charge is -2.13. The van der Waals surface area contributed by atoms with Crippen molar-refractivity contribution in [1.82, 2.24) is 4.98 Å². The summed E-state index contributed by atoms with van der Waals surface area (Å²) in [5.74, 6) is -0.409. The number of H-pyrrole nitrogens is 1. The zero-order valence-electron chi connectivity index (χ0n) is 8.39. The number of aromatic amines is 1. The van der Waals surface area contributed by atoms with Gasteiger partial charge in [0.05, 0.1) is 5.69 Å². The molecule has 0 saturated heterocycles. The fourth-order valence-corrected chi connectivity index (χ4v) is 2.61. The highest BCUT2D eigenvalue weighted by Gasteiger charge is 2.30. The number of hydrogen-bond acceptors (Lipinski definition) is 1. The van der Waals surface area contributed by atoms with Crippen LogP contribution in [0.25, 0.3) is 10.9 Å². The number of hydrogen-bond donors (Lipinski definition) is 1. The second-order valence-electron chi connectivity index (χ2n) is 4.04. The Morgan fingerprint density at radius 1 is 1.44 bits per heavy atom. The second kappa shape index (κ2) is 3.42. The van der Waals surface area contributed by atoms with E-state index in [0.29, 0.717) is 18.5 Å². The van der Waals surface area contributed by atoms with Gasteiger partial charge in [0, 0.05) is 15.4 Å². The molecule has 1 aliphatic rings. The van der Waals surface area contributed by atoms with Crippen LogP contribution in [0.5, 0.6) is 0 Å². The molecule has 0 saturated carbocycles. The fraction of sp³-hybridized carbons (Fsp3) is 0.250. The van der Waals surface area contributed by atoms with Crippen molar-refractivity contribution in [2.75, 3.05) is 0 Å². The van der Waals surface area contributed by atoms with E-state index in [1.165, 1.54) is 0 Å². The van der Waals surface area contributed by atoms with Crippen molar-refractivity contribution in [3.05, 3.63) is 33.9 Å². The average Bonchev–Trinajstić information content (AvgIpc) is 2.62. The number of carbonyl (C=O) groups excluding carboxylic acids is 1. The lowest BCUT2D eigenvalue weighted by Crippen LogP contribution is -2.23. The highest BCUT2D eigenvalue weighted by atomic mass is 79.9. The van der Waals surface area contributed by atoms with Crippen LogP contribution >= 0.6 is 15.9 Å². The predicted octanol–water partition coefficient (Wildman–Crippen LogP) is 3.40. The number of carbonyl (C=O) groups is 1. The molecule has 0 aliphatic heterocycles. The molecule has 4 heteroatoms. The first-order valence-electron chi connectivity index (χ1n) is 5.15. The van der Waals surface area contributed by atoms with Crippen LogP contribution in [0.2, 0.25) is 0 Å². The van der Waals surface area contributed by atoms with E-state index in [1.54, 1.807) is 0 Å². The first kappa shape index (κ1) is 10.0. The average molecular weight is 282 g/mol. The van der Waals surface area contributed by atoms with Crippen molar-refractivity contribution in [3.8, 4) is 0 Å². The summed E-state index contributed by atoms with van der Waals surface area (Å²) in [6.45, 7) is 0. The van der Waals surface area contributed by atoms with Gasteiger partial charge in [0.1, 0.15) is 0 Å². The van der Waals surface area contributed by atoms with Gasteiger partial charge in [-0.05, 0) is 36.6 Å². The maximum Gasteiger partial charge on any atom is 0.213 e. The second-order valence-corrected chi connectivity index (χ2v) is 4.95. The van der Waals surface area contributed by atoms with E-state index in [0.717, 1.165) is 20.9 Å². The number of aromatic nitrogens is 1. The van der Waals surface area contributed by atoms with Crippen LogP contribution in [0.4, 0.5) is 4.39 Å². The van der Waals surface area contributed by atoms with E-state index < -0.39 is 12.0 Å². The first-order chi connectivity index (χ1) is 7.66. The topological polar surface area (TPSA) is 32.9 Å². The number of ketones is 1. The van der Waals surface area contributed by atoms with Gasteiger partial charge in [-0.3, -0.25) is 4.79 Å². The van der Waals surface area contributed by atoms with Crippen LogP contribution in [-0.2, 0) is 6.42 Å². The molecule has 0 fully saturated rings. The van der Waals surface area contributed by atoms with Crippen LogP contribution in [0.3, 0.4) is 0 Å². The first-order valence-corrected chi connectivity index (χ1v) is 5.94. The Hall–Kier alpha value is -1.16. The van der Waals surface area contributed by atoms with E-state index >= 15 is 0 Å². The Balaban J connectivity index is 2.31. The van der Waals surface area contributed by atoms with Crippen molar-refractivity contribution in [1.29, 1.82) is 0 Å². The molecular weight excluding hydrogens is 273 g/mol. The van der Waals surface area contributed by atoms with E-state index in [-0.39, 0.29) is 0 Å². The quantitative estimate of drug-likeness (QED) is 0.789. The van der Waals surface area contributed by atoms with Crippen molar-refractivity contribution < 1.29 is 9.18 Å². The lowest BCUT2D eigenvalue weighted by molar-refractivity contribution is 0.0852. The Morgan fingerprint density at radius 2 is 2.25 bits per heavy atom.